The monoisotopic (exact) mass is 239 g/mol. The van der Waals surface area contributed by atoms with Gasteiger partial charge in [0.2, 0.25) is 0 Å². The summed E-state index contributed by atoms with van der Waals surface area (Å²) in [4.78, 5) is 4.92. The Kier molecular flexibility index (Phi) is 2.00. The third-order valence-corrected chi connectivity index (χ3v) is 4.56. The summed E-state index contributed by atoms with van der Waals surface area (Å²) in [6.07, 6.45) is 10.4. The molecule has 0 radical (unpaired) electrons. The first-order chi connectivity index (χ1) is 8.43. The fourth-order valence-corrected chi connectivity index (χ4v) is 3.70. The molecule has 1 N–H and O–H groups in total. The van der Waals surface area contributed by atoms with E-state index in [0.29, 0.717) is 0 Å². The van der Waals surface area contributed by atoms with Crippen LogP contribution in [0, 0.1) is 0 Å². The molecule has 84 valence electrons. The van der Waals surface area contributed by atoms with Crippen LogP contribution in [0.25, 0.3) is 23.1 Å². The summed E-state index contributed by atoms with van der Waals surface area (Å²) in [5.74, 6) is 0. The van der Waals surface area contributed by atoms with Gasteiger partial charge in [0, 0.05) is 15.8 Å². The van der Waals surface area contributed by atoms with E-state index >= 15 is 0 Å². The fraction of sp³-hybridized carbons (Fsp3) is 0.200. The molecule has 17 heavy (non-hydrogen) atoms. The Labute approximate surface area is 104 Å². The van der Waals surface area contributed by atoms with Crippen LogP contribution in [0.15, 0.2) is 28.5 Å². The van der Waals surface area contributed by atoms with Crippen LogP contribution in [0.3, 0.4) is 0 Å². The zero-order chi connectivity index (χ0) is 11.2. The summed E-state index contributed by atoms with van der Waals surface area (Å²) in [5, 5.41) is 6.34. The maximum atomic E-state index is 3.52. The maximum absolute atomic E-state index is 3.52. The van der Waals surface area contributed by atoms with Crippen LogP contribution in [0.1, 0.15) is 18.4 Å². The number of hydrogen-bond acceptors (Lipinski definition) is 1. The lowest BCUT2D eigenvalue weighted by atomic mass is 9.97. The van der Waals surface area contributed by atoms with Gasteiger partial charge in [-0.2, -0.15) is 0 Å². The van der Waals surface area contributed by atoms with E-state index < -0.39 is 0 Å². The van der Waals surface area contributed by atoms with Crippen molar-refractivity contribution < 1.29 is 0 Å². The highest BCUT2D eigenvalue weighted by atomic mass is 32.2. The molecule has 2 heteroatoms. The van der Waals surface area contributed by atoms with Crippen LogP contribution in [-0.2, 0) is 6.42 Å². The number of benzene rings is 1. The number of hydrogen-bond donors (Lipinski definition) is 1. The minimum Gasteiger partial charge on any atom is -0.354 e. The first kappa shape index (κ1) is 9.60. The zero-order valence-electron chi connectivity index (χ0n) is 9.49. The summed E-state index contributed by atoms with van der Waals surface area (Å²) in [6, 6.07) is 4.52. The number of thioether (sulfide) groups is 1. The second-order valence-corrected chi connectivity index (χ2v) is 5.55. The molecular weight excluding hydrogens is 226 g/mol. The quantitative estimate of drug-likeness (QED) is 0.747. The molecule has 1 aliphatic carbocycles. The van der Waals surface area contributed by atoms with Gasteiger partial charge in [-0.3, -0.25) is 0 Å². The van der Waals surface area contributed by atoms with Crippen LogP contribution in [0.4, 0.5) is 0 Å². The van der Waals surface area contributed by atoms with Gasteiger partial charge in [0.25, 0.3) is 0 Å². The highest BCUT2D eigenvalue weighted by molar-refractivity contribution is 8.02. The molecule has 0 bridgehead atoms. The largest absolute Gasteiger partial charge is 0.354 e. The molecule has 1 aromatic heterocycles. The van der Waals surface area contributed by atoms with E-state index in [9.17, 15) is 0 Å². The molecular formula is C15H13NS. The third kappa shape index (κ3) is 1.34. The van der Waals surface area contributed by atoms with Gasteiger partial charge in [-0.25, -0.2) is 0 Å². The van der Waals surface area contributed by atoms with E-state index in [0.717, 1.165) is 0 Å². The van der Waals surface area contributed by atoms with Crippen molar-refractivity contribution in [1.82, 2.24) is 4.98 Å². The number of aromatic nitrogens is 1. The Morgan fingerprint density at radius 1 is 1.24 bits per heavy atom. The lowest BCUT2D eigenvalue weighted by Gasteiger charge is -2.09. The molecule has 0 unspecified atom stereocenters. The van der Waals surface area contributed by atoms with Gasteiger partial charge >= 0.3 is 0 Å². The van der Waals surface area contributed by atoms with Crippen LogP contribution in [0.2, 0.25) is 0 Å². The number of H-pyrrole nitrogens is 1. The van der Waals surface area contributed by atoms with Crippen molar-refractivity contribution >= 4 is 34.8 Å². The Morgan fingerprint density at radius 3 is 3.24 bits per heavy atom. The molecule has 0 spiro atoms. The predicted octanol–water partition coefficient (Wildman–Crippen LogP) is 2.68. The van der Waals surface area contributed by atoms with Crippen molar-refractivity contribution in [1.29, 1.82) is 0 Å². The van der Waals surface area contributed by atoms with E-state index in [2.05, 4.69) is 40.8 Å². The molecule has 1 aliphatic heterocycles. The number of nitrogens with one attached hydrogen (secondary N) is 1. The maximum Gasteiger partial charge on any atom is 0.0533 e. The molecule has 0 atom stereocenters. The molecule has 2 aromatic rings. The Morgan fingerprint density at radius 2 is 2.24 bits per heavy atom. The minimum absolute atomic E-state index is 1.22. The van der Waals surface area contributed by atoms with Crippen LogP contribution < -0.4 is 10.6 Å². The van der Waals surface area contributed by atoms with Crippen molar-refractivity contribution in [2.45, 2.75) is 24.2 Å². The lowest BCUT2D eigenvalue weighted by molar-refractivity contribution is 0.839. The third-order valence-electron chi connectivity index (χ3n) is 3.60. The van der Waals surface area contributed by atoms with E-state index in [-0.39, 0.29) is 0 Å². The van der Waals surface area contributed by atoms with Gasteiger partial charge < -0.3 is 4.98 Å². The van der Waals surface area contributed by atoms with Crippen LogP contribution in [-0.4, -0.2) is 4.98 Å². The molecule has 1 nitrogen and oxygen atoms in total. The van der Waals surface area contributed by atoms with Crippen molar-refractivity contribution in [2.75, 3.05) is 0 Å². The van der Waals surface area contributed by atoms with Gasteiger partial charge in [0.15, 0.2) is 0 Å². The molecule has 0 fully saturated rings. The smallest absolute Gasteiger partial charge is 0.0533 e. The average molecular weight is 239 g/mol. The highest BCUT2D eigenvalue weighted by Crippen LogP contribution is 2.26. The summed E-state index contributed by atoms with van der Waals surface area (Å²) < 4.78 is 0. The number of aryl methyl sites for hydroxylation is 1. The second kappa shape index (κ2) is 3.54. The molecule has 1 aromatic carbocycles. The van der Waals surface area contributed by atoms with Gasteiger partial charge in [-0.1, -0.05) is 30.0 Å². The fourth-order valence-electron chi connectivity index (χ4n) is 2.82. The van der Waals surface area contributed by atoms with Crippen molar-refractivity contribution in [2.24, 2.45) is 0 Å². The highest BCUT2D eigenvalue weighted by Gasteiger charge is 2.13. The molecule has 2 aliphatic rings. The van der Waals surface area contributed by atoms with E-state index in [1.807, 2.05) is 11.8 Å². The molecule has 0 saturated heterocycles. The minimum atomic E-state index is 1.22. The van der Waals surface area contributed by atoms with Gasteiger partial charge in [0.1, 0.15) is 0 Å². The van der Waals surface area contributed by atoms with E-state index in [4.69, 9.17) is 0 Å². The molecule has 2 heterocycles. The zero-order valence-corrected chi connectivity index (χ0v) is 10.3. The number of fused-ring (bicyclic) bond motifs is 5. The summed E-state index contributed by atoms with van der Waals surface area (Å²) in [5.41, 5.74) is 2.79. The molecule has 4 rings (SSSR count). The standard InChI is InChI=1S/C15H13NS/c1-2-5-11-10(4-1)7-8-12-14(11)15-13(16-12)6-3-9-17-15/h3,5-9,16H,1-2,4H2. The first-order valence-electron chi connectivity index (χ1n) is 6.11. The summed E-state index contributed by atoms with van der Waals surface area (Å²) in [7, 11) is 0. The second-order valence-electron chi connectivity index (χ2n) is 4.64. The summed E-state index contributed by atoms with van der Waals surface area (Å²) >= 11 is 1.83. The van der Waals surface area contributed by atoms with Crippen molar-refractivity contribution in [3.8, 4) is 0 Å². The lowest BCUT2D eigenvalue weighted by Crippen LogP contribution is -2.14. The Bertz CT molecular complexity index is 749. The Hall–Kier alpha value is -1.41. The Balaban J connectivity index is 2.22. The summed E-state index contributed by atoms with van der Waals surface area (Å²) in [6.45, 7) is 0. The first-order valence-corrected chi connectivity index (χ1v) is 6.99. The topological polar surface area (TPSA) is 15.8 Å². The van der Waals surface area contributed by atoms with Crippen molar-refractivity contribution in [3.05, 3.63) is 39.7 Å². The van der Waals surface area contributed by atoms with Gasteiger partial charge in [-0.15, -0.1) is 0 Å². The van der Waals surface area contributed by atoms with Gasteiger partial charge in [-0.05, 0) is 47.6 Å². The van der Waals surface area contributed by atoms with E-state index in [1.165, 1.54) is 51.2 Å². The average Bonchev–Trinajstić information content (AvgIpc) is 2.77. The number of rotatable bonds is 0. The molecule has 0 amide bonds. The van der Waals surface area contributed by atoms with E-state index in [1.54, 1.807) is 0 Å². The van der Waals surface area contributed by atoms with Crippen LogP contribution >= 0.6 is 11.8 Å². The van der Waals surface area contributed by atoms with Gasteiger partial charge in [0.05, 0.1) is 5.35 Å². The molecule has 0 saturated carbocycles. The number of aromatic amines is 1. The SMILES string of the molecule is C1=CSc2c([nH]c3ccc4c(c23)=CCCC4)=C1. The normalized spacial score (nSPS) is 17.2. The van der Waals surface area contributed by atoms with Crippen molar-refractivity contribution in [3.63, 3.8) is 0 Å². The van der Waals surface area contributed by atoms with Crippen LogP contribution in [0.5, 0.6) is 0 Å². The number of allylic oxidation sites excluding steroid dienone is 1. The predicted molar refractivity (Wildman–Crippen MR) is 74.4 cm³/mol.